The molecule has 244 valence electrons. The summed E-state index contributed by atoms with van der Waals surface area (Å²) in [5, 5.41) is 12.5. The summed E-state index contributed by atoms with van der Waals surface area (Å²) in [6, 6.07) is 56.8. The molecule has 0 amide bonds. The number of benzene rings is 8. The second-order valence-electron chi connectivity index (χ2n) is 13.4. The highest BCUT2D eigenvalue weighted by atomic mass is 16.3. The molecule has 5 nitrogen and oxygen atoms in total. The number of fused-ring (bicyclic) bond motifs is 8. The zero-order chi connectivity index (χ0) is 34.2. The average molecular weight is 668 g/mol. The van der Waals surface area contributed by atoms with Crippen molar-refractivity contribution in [1.82, 2.24) is 5.32 Å². The maximum Gasteiger partial charge on any atom is 0.170 e. The van der Waals surface area contributed by atoms with E-state index in [1.807, 2.05) is 24.3 Å². The van der Waals surface area contributed by atoms with Crippen molar-refractivity contribution in [1.29, 1.82) is 0 Å². The maximum atomic E-state index is 6.76. The summed E-state index contributed by atoms with van der Waals surface area (Å²) in [5.41, 5.74) is 8.22. The largest absolute Gasteiger partial charge is 0.455 e. The summed E-state index contributed by atoms with van der Waals surface area (Å²) < 4.78 is 13.3. The lowest BCUT2D eigenvalue weighted by Crippen LogP contribution is -2.36. The average Bonchev–Trinajstić information content (AvgIpc) is 3.79. The summed E-state index contributed by atoms with van der Waals surface area (Å²) in [6.45, 7) is 0. The maximum absolute atomic E-state index is 6.76. The Morgan fingerprint density at radius 2 is 0.962 bits per heavy atom. The second-order valence-corrected chi connectivity index (χ2v) is 13.4. The molecule has 0 unspecified atom stereocenters. The minimum atomic E-state index is -0.538. The van der Waals surface area contributed by atoms with Crippen LogP contribution < -0.4 is 5.32 Å². The molecule has 0 bridgehead atoms. The molecule has 0 aliphatic carbocycles. The van der Waals surface area contributed by atoms with E-state index >= 15 is 0 Å². The molecule has 8 aromatic carbocycles. The van der Waals surface area contributed by atoms with Crippen molar-refractivity contribution in [2.75, 3.05) is 0 Å². The third-order valence-electron chi connectivity index (χ3n) is 10.3. The number of hydrogen-bond acceptors (Lipinski definition) is 5. The van der Waals surface area contributed by atoms with Crippen molar-refractivity contribution in [3.05, 3.63) is 180 Å². The van der Waals surface area contributed by atoms with Gasteiger partial charge in [0, 0.05) is 49.4 Å². The van der Waals surface area contributed by atoms with Gasteiger partial charge in [-0.15, -0.1) is 0 Å². The van der Waals surface area contributed by atoms with Gasteiger partial charge in [0.05, 0.1) is 0 Å². The van der Waals surface area contributed by atoms with Gasteiger partial charge in [-0.25, -0.2) is 9.98 Å². The molecule has 3 heterocycles. The first-order chi connectivity index (χ1) is 25.7. The zero-order valence-corrected chi connectivity index (χ0v) is 27.9. The number of para-hydroxylation sites is 3. The molecular formula is C47H29N3O2. The highest BCUT2D eigenvalue weighted by Crippen LogP contribution is 2.44. The van der Waals surface area contributed by atoms with Crippen LogP contribution >= 0.6 is 0 Å². The summed E-state index contributed by atoms with van der Waals surface area (Å²) in [5.74, 6) is 1.54. The first-order valence-electron chi connectivity index (χ1n) is 17.5. The van der Waals surface area contributed by atoms with Crippen molar-refractivity contribution in [2.24, 2.45) is 9.98 Å². The lowest BCUT2D eigenvalue weighted by Gasteiger charge is -2.23. The fraction of sp³-hybridized carbons (Fsp3) is 0.0213. The van der Waals surface area contributed by atoms with Gasteiger partial charge in [-0.3, -0.25) is 0 Å². The molecule has 5 heteroatoms. The number of hydrogen-bond donors (Lipinski definition) is 1. The van der Waals surface area contributed by atoms with Crippen LogP contribution in [0.3, 0.4) is 0 Å². The molecule has 1 aliphatic heterocycles. The standard InChI is InChI=1S/C47H29N3O2/c1-3-12-30-26-32(22-20-28(30)10-1)45-48-46(33-23-21-29-11-2-4-13-31(29)27-33)50-47(49-45)39-25-24-37(44-42(39)38-15-6-8-19-41(38)52-44)36-17-9-16-35-34-14-5-7-18-40(34)51-43(35)36/h1-27,47H,(H,48,49,50). The third-order valence-corrected chi connectivity index (χ3v) is 10.3. The molecule has 0 atom stereocenters. The summed E-state index contributed by atoms with van der Waals surface area (Å²) >= 11 is 0. The predicted molar refractivity (Wildman–Crippen MR) is 213 cm³/mol. The first-order valence-corrected chi connectivity index (χ1v) is 17.5. The number of nitrogens with zero attached hydrogens (tertiary/aromatic N) is 2. The van der Waals surface area contributed by atoms with Crippen molar-refractivity contribution in [2.45, 2.75) is 6.17 Å². The van der Waals surface area contributed by atoms with Crippen molar-refractivity contribution in [3.8, 4) is 11.1 Å². The van der Waals surface area contributed by atoms with E-state index in [1.54, 1.807) is 0 Å². The van der Waals surface area contributed by atoms with Crippen molar-refractivity contribution < 1.29 is 8.83 Å². The van der Waals surface area contributed by atoms with Crippen LogP contribution in [0, 0.1) is 0 Å². The van der Waals surface area contributed by atoms with Crippen molar-refractivity contribution >= 4 is 77.1 Å². The molecule has 1 N–H and O–H groups in total. The minimum absolute atomic E-state index is 0.538. The van der Waals surface area contributed by atoms with Crippen molar-refractivity contribution in [3.63, 3.8) is 0 Å². The second kappa shape index (κ2) is 11.3. The van der Waals surface area contributed by atoms with Gasteiger partial charge in [-0.1, -0.05) is 140 Å². The Kier molecular flexibility index (Phi) is 6.25. The van der Waals surface area contributed by atoms with E-state index in [1.165, 1.54) is 10.8 Å². The number of aliphatic imine (C=N–C) groups is 2. The van der Waals surface area contributed by atoms with E-state index in [9.17, 15) is 0 Å². The molecule has 1 aliphatic rings. The normalized spacial score (nSPS) is 13.7. The summed E-state index contributed by atoms with van der Waals surface area (Å²) in [7, 11) is 0. The monoisotopic (exact) mass is 667 g/mol. The van der Waals surface area contributed by atoms with Crippen LogP contribution in [-0.4, -0.2) is 11.7 Å². The number of nitrogens with one attached hydrogen (secondary N) is 1. The van der Waals surface area contributed by atoms with Crippen LogP contribution in [0.15, 0.2) is 183 Å². The smallest absolute Gasteiger partial charge is 0.170 e. The van der Waals surface area contributed by atoms with Gasteiger partial charge in [-0.05, 0) is 45.8 Å². The van der Waals surface area contributed by atoms with Crippen LogP contribution in [0.2, 0.25) is 0 Å². The summed E-state index contributed by atoms with van der Waals surface area (Å²) in [6.07, 6.45) is -0.538. The fourth-order valence-electron chi connectivity index (χ4n) is 7.80. The molecule has 10 aromatic rings. The molecule has 0 saturated carbocycles. The zero-order valence-electron chi connectivity index (χ0n) is 27.9. The Morgan fingerprint density at radius 3 is 1.65 bits per heavy atom. The van der Waals surface area contributed by atoms with Gasteiger partial charge >= 0.3 is 0 Å². The topological polar surface area (TPSA) is 63.0 Å². The molecular weight excluding hydrogens is 639 g/mol. The highest BCUT2D eigenvalue weighted by molar-refractivity contribution is 6.19. The number of amidine groups is 2. The predicted octanol–water partition coefficient (Wildman–Crippen LogP) is 12.0. The number of rotatable bonds is 4. The van der Waals surface area contributed by atoms with Crippen LogP contribution in [0.5, 0.6) is 0 Å². The minimum Gasteiger partial charge on any atom is -0.455 e. The van der Waals surface area contributed by atoms with Gasteiger partial charge in [0.25, 0.3) is 0 Å². The summed E-state index contributed by atoms with van der Waals surface area (Å²) in [4.78, 5) is 10.7. The fourth-order valence-corrected chi connectivity index (χ4v) is 7.80. The number of furan rings is 2. The van der Waals surface area contributed by atoms with Gasteiger partial charge < -0.3 is 14.2 Å². The van der Waals surface area contributed by atoms with Crippen LogP contribution in [0.4, 0.5) is 0 Å². The Balaban J connectivity index is 1.15. The Morgan fingerprint density at radius 1 is 0.423 bits per heavy atom. The van der Waals surface area contributed by atoms with E-state index < -0.39 is 6.17 Å². The van der Waals surface area contributed by atoms with E-state index in [-0.39, 0.29) is 0 Å². The van der Waals surface area contributed by atoms with Gasteiger partial charge in [0.15, 0.2) is 6.17 Å². The molecule has 11 rings (SSSR count). The highest BCUT2D eigenvalue weighted by Gasteiger charge is 2.26. The lowest BCUT2D eigenvalue weighted by molar-refractivity contribution is 0.664. The lowest BCUT2D eigenvalue weighted by atomic mass is 9.95. The van der Waals surface area contributed by atoms with Gasteiger partial charge in [0.1, 0.15) is 34.0 Å². The molecule has 0 saturated heterocycles. The SMILES string of the molecule is c1ccc2cc(C3=NC(c4ccc(-c5cccc6c5oc5ccccc56)c5oc6ccccc6c45)N=C(c4ccc5ccccc5c4)N3)ccc2c1. The van der Waals surface area contributed by atoms with Gasteiger partial charge in [0.2, 0.25) is 0 Å². The molecule has 52 heavy (non-hydrogen) atoms. The van der Waals surface area contributed by atoms with E-state index in [2.05, 4.69) is 145 Å². The molecule has 0 spiro atoms. The van der Waals surface area contributed by atoms with Gasteiger partial charge in [-0.2, -0.15) is 0 Å². The molecule has 2 aromatic heterocycles. The van der Waals surface area contributed by atoms with E-state index in [4.69, 9.17) is 18.8 Å². The molecule has 0 fully saturated rings. The first kappa shape index (κ1) is 28.8. The Labute approximate surface area is 298 Å². The third kappa shape index (κ3) is 4.49. The Bertz CT molecular complexity index is 3030. The van der Waals surface area contributed by atoms with Crippen LogP contribution in [0.25, 0.3) is 76.5 Å². The van der Waals surface area contributed by atoms with E-state index in [0.717, 1.165) is 94.1 Å². The molecule has 0 radical (unpaired) electrons. The van der Waals surface area contributed by atoms with E-state index in [0.29, 0.717) is 0 Å². The van der Waals surface area contributed by atoms with Crippen LogP contribution in [0.1, 0.15) is 22.9 Å². The quantitative estimate of drug-likeness (QED) is 0.203. The Hall–Kier alpha value is -6.98. The van der Waals surface area contributed by atoms with Crippen LogP contribution in [-0.2, 0) is 0 Å².